The lowest BCUT2D eigenvalue weighted by Crippen LogP contribution is -2.05. The number of nitrogens with zero attached hydrogens (tertiary/aromatic N) is 1. The summed E-state index contributed by atoms with van der Waals surface area (Å²) in [5.74, 6) is -0.996. The molecule has 3 aromatic rings. The van der Waals surface area contributed by atoms with Crippen molar-refractivity contribution in [3.8, 4) is 0 Å². The number of hydrogen-bond donors (Lipinski definition) is 2. The Kier molecular flexibility index (Phi) is 5.43. The van der Waals surface area contributed by atoms with Gasteiger partial charge in [0.05, 0.1) is 23.1 Å². The number of aldehydes is 1. The van der Waals surface area contributed by atoms with Crippen LogP contribution in [-0.4, -0.2) is 11.3 Å². The van der Waals surface area contributed by atoms with Gasteiger partial charge in [-0.05, 0) is 35.9 Å². The molecule has 0 aliphatic rings. The number of carbonyl (C=O) groups excluding carboxylic acids is 1. The highest BCUT2D eigenvalue weighted by molar-refractivity contribution is 6.30. The Labute approximate surface area is 153 Å². The van der Waals surface area contributed by atoms with E-state index < -0.39 is 11.6 Å². The van der Waals surface area contributed by atoms with Crippen molar-refractivity contribution >= 4 is 35.1 Å². The molecule has 0 amide bonds. The molecule has 0 spiro atoms. The van der Waals surface area contributed by atoms with E-state index in [0.29, 0.717) is 34.9 Å². The smallest absolute Gasteiger partial charge is 0.153 e. The van der Waals surface area contributed by atoms with E-state index in [1.54, 1.807) is 12.1 Å². The van der Waals surface area contributed by atoms with Gasteiger partial charge in [-0.15, -0.1) is 0 Å². The van der Waals surface area contributed by atoms with E-state index in [4.69, 9.17) is 11.6 Å². The van der Waals surface area contributed by atoms with Crippen LogP contribution in [0.1, 0.15) is 15.9 Å². The molecule has 7 heteroatoms. The molecular formula is C19H14ClF2N3O. The van der Waals surface area contributed by atoms with Gasteiger partial charge in [0.25, 0.3) is 0 Å². The molecule has 0 radical (unpaired) electrons. The van der Waals surface area contributed by atoms with Gasteiger partial charge in [0.2, 0.25) is 0 Å². The number of halogens is 3. The predicted molar refractivity (Wildman–Crippen MR) is 98.0 cm³/mol. The first-order valence-corrected chi connectivity index (χ1v) is 8.08. The summed E-state index contributed by atoms with van der Waals surface area (Å²) in [4.78, 5) is 15.5. The van der Waals surface area contributed by atoms with Crippen LogP contribution in [0.4, 0.5) is 26.0 Å². The molecule has 26 heavy (non-hydrogen) atoms. The first kappa shape index (κ1) is 17.8. The van der Waals surface area contributed by atoms with Crippen molar-refractivity contribution in [1.82, 2.24) is 4.98 Å². The second-order valence-electron chi connectivity index (χ2n) is 5.51. The zero-order valence-corrected chi connectivity index (χ0v) is 14.2. The molecule has 0 atom stereocenters. The molecule has 0 bridgehead atoms. The van der Waals surface area contributed by atoms with Crippen molar-refractivity contribution in [1.29, 1.82) is 0 Å². The molecule has 3 rings (SSSR count). The highest BCUT2D eigenvalue weighted by atomic mass is 35.5. The van der Waals surface area contributed by atoms with Gasteiger partial charge in [-0.1, -0.05) is 23.7 Å². The van der Waals surface area contributed by atoms with Crippen LogP contribution in [0, 0.1) is 11.6 Å². The molecule has 0 saturated carbocycles. The lowest BCUT2D eigenvalue weighted by molar-refractivity contribution is 0.112. The van der Waals surface area contributed by atoms with E-state index in [-0.39, 0.29) is 5.69 Å². The first-order chi connectivity index (χ1) is 12.5. The summed E-state index contributed by atoms with van der Waals surface area (Å²) < 4.78 is 26.7. The van der Waals surface area contributed by atoms with Crippen LogP contribution in [0.5, 0.6) is 0 Å². The second-order valence-corrected chi connectivity index (χ2v) is 5.95. The molecule has 0 aliphatic carbocycles. The molecule has 2 aromatic carbocycles. The van der Waals surface area contributed by atoms with Gasteiger partial charge in [-0.2, -0.15) is 0 Å². The minimum Gasteiger partial charge on any atom is -0.365 e. The Morgan fingerprint density at radius 2 is 1.85 bits per heavy atom. The van der Waals surface area contributed by atoms with Crippen LogP contribution in [0.2, 0.25) is 5.02 Å². The first-order valence-electron chi connectivity index (χ1n) is 7.71. The largest absolute Gasteiger partial charge is 0.365 e. The molecule has 0 unspecified atom stereocenters. The number of rotatable bonds is 6. The topological polar surface area (TPSA) is 54.0 Å². The SMILES string of the molecule is O=Cc1cc(Nc2ccc(F)cc2F)cnc1NCc1ccc(Cl)cc1. The van der Waals surface area contributed by atoms with Crippen molar-refractivity contribution in [2.45, 2.75) is 6.54 Å². The Hall–Kier alpha value is -2.99. The number of anilines is 3. The summed E-state index contributed by atoms with van der Waals surface area (Å²) in [7, 11) is 0. The summed E-state index contributed by atoms with van der Waals surface area (Å²) in [6, 6.07) is 12.0. The third-order valence-electron chi connectivity index (χ3n) is 3.63. The van der Waals surface area contributed by atoms with Gasteiger partial charge >= 0.3 is 0 Å². The van der Waals surface area contributed by atoms with Gasteiger partial charge in [-0.25, -0.2) is 13.8 Å². The van der Waals surface area contributed by atoms with Crippen LogP contribution in [-0.2, 0) is 6.54 Å². The standard InChI is InChI=1S/C19H14ClF2N3O/c20-14-3-1-12(2-4-14)9-23-19-13(11-26)7-16(10-24-19)25-18-6-5-15(21)8-17(18)22/h1-8,10-11,25H,9H2,(H,23,24). The maximum atomic E-state index is 13.7. The molecule has 132 valence electrons. The van der Waals surface area contributed by atoms with Crippen molar-refractivity contribution in [2.75, 3.05) is 10.6 Å². The summed E-state index contributed by atoms with van der Waals surface area (Å²) >= 11 is 5.85. The number of pyridine rings is 1. The van der Waals surface area contributed by atoms with Gasteiger partial charge in [0, 0.05) is 17.6 Å². The van der Waals surface area contributed by atoms with E-state index in [1.165, 1.54) is 18.3 Å². The highest BCUT2D eigenvalue weighted by Gasteiger charge is 2.08. The van der Waals surface area contributed by atoms with Gasteiger partial charge in [0.15, 0.2) is 6.29 Å². The number of benzene rings is 2. The summed E-state index contributed by atoms with van der Waals surface area (Å²) in [6.07, 6.45) is 2.11. The predicted octanol–water partition coefficient (Wildman–Crippen LogP) is 5.18. The van der Waals surface area contributed by atoms with Crippen LogP contribution in [0.25, 0.3) is 0 Å². The summed E-state index contributed by atoms with van der Waals surface area (Å²) in [6.45, 7) is 0.463. The zero-order valence-electron chi connectivity index (χ0n) is 13.5. The lowest BCUT2D eigenvalue weighted by Gasteiger charge is -2.11. The van der Waals surface area contributed by atoms with E-state index in [9.17, 15) is 13.6 Å². The number of carbonyl (C=O) groups is 1. The molecule has 2 N–H and O–H groups in total. The van der Waals surface area contributed by atoms with Crippen molar-refractivity contribution in [3.05, 3.63) is 82.5 Å². The maximum Gasteiger partial charge on any atom is 0.153 e. The Morgan fingerprint density at radius 3 is 2.54 bits per heavy atom. The minimum absolute atomic E-state index is 0.0897. The third kappa shape index (κ3) is 4.34. The Morgan fingerprint density at radius 1 is 1.08 bits per heavy atom. The number of hydrogen-bond acceptors (Lipinski definition) is 4. The minimum atomic E-state index is -0.734. The molecular weight excluding hydrogens is 360 g/mol. The fourth-order valence-corrected chi connectivity index (χ4v) is 2.45. The highest BCUT2D eigenvalue weighted by Crippen LogP contribution is 2.23. The quantitative estimate of drug-likeness (QED) is 0.584. The zero-order chi connectivity index (χ0) is 18.5. The molecule has 0 fully saturated rings. The van der Waals surface area contributed by atoms with Crippen LogP contribution in [0.3, 0.4) is 0 Å². The van der Waals surface area contributed by atoms with Crippen LogP contribution < -0.4 is 10.6 Å². The lowest BCUT2D eigenvalue weighted by atomic mass is 10.2. The van der Waals surface area contributed by atoms with Crippen molar-refractivity contribution < 1.29 is 13.6 Å². The summed E-state index contributed by atoms with van der Waals surface area (Å²) in [5, 5.41) is 6.49. The van der Waals surface area contributed by atoms with E-state index >= 15 is 0 Å². The van der Waals surface area contributed by atoms with Crippen molar-refractivity contribution in [2.24, 2.45) is 0 Å². The van der Waals surface area contributed by atoms with Crippen LogP contribution in [0.15, 0.2) is 54.7 Å². The third-order valence-corrected chi connectivity index (χ3v) is 3.88. The second kappa shape index (κ2) is 7.93. The Balaban J connectivity index is 1.74. The van der Waals surface area contributed by atoms with E-state index in [2.05, 4.69) is 15.6 Å². The Bertz CT molecular complexity index is 933. The van der Waals surface area contributed by atoms with Gasteiger partial charge in [0.1, 0.15) is 17.5 Å². The molecule has 4 nitrogen and oxygen atoms in total. The monoisotopic (exact) mass is 373 g/mol. The number of nitrogens with one attached hydrogen (secondary N) is 2. The van der Waals surface area contributed by atoms with Gasteiger partial charge < -0.3 is 10.6 Å². The van der Waals surface area contributed by atoms with Crippen LogP contribution >= 0.6 is 11.6 Å². The summed E-state index contributed by atoms with van der Waals surface area (Å²) in [5.41, 5.74) is 1.79. The van der Waals surface area contributed by atoms with Crippen molar-refractivity contribution in [3.63, 3.8) is 0 Å². The number of aromatic nitrogens is 1. The van der Waals surface area contributed by atoms with E-state index in [1.807, 2.05) is 12.1 Å². The fourth-order valence-electron chi connectivity index (χ4n) is 2.32. The van der Waals surface area contributed by atoms with Gasteiger partial charge in [-0.3, -0.25) is 4.79 Å². The molecule has 1 heterocycles. The molecule has 0 saturated heterocycles. The fraction of sp³-hybridized carbons (Fsp3) is 0.0526. The molecule has 1 aromatic heterocycles. The average molecular weight is 374 g/mol. The normalized spacial score (nSPS) is 10.4. The maximum absolute atomic E-state index is 13.7. The van der Waals surface area contributed by atoms with E-state index in [0.717, 1.165) is 17.7 Å². The molecule has 0 aliphatic heterocycles. The average Bonchev–Trinajstić information content (AvgIpc) is 2.64.